The number of ether oxygens (including phenoxy) is 1. The molecule has 2 heterocycles. The third kappa shape index (κ3) is 3.72. The lowest BCUT2D eigenvalue weighted by atomic mass is 10.1. The van der Waals surface area contributed by atoms with Crippen LogP contribution in [-0.4, -0.2) is 41.5 Å². The van der Waals surface area contributed by atoms with E-state index >= 15 is 0 Å². The van der Waals surface area contributed by atoms with Crippen LogP contribution in [0, 0.1) is 12.8 Å². The second kappa shape index (κ2) is 6.89. The van der Waals surface area contributed by atoms with Gasteiger partial charge in [0.05, 0.1) is 13.0 Å². The SMILES string of the molecule is COC(=O)C1CCN(C(=O)CCCn2c(C)csc2=O)C1. The molecule has 1 atom stereocenters. The van der Waals surface area contributed by atoms with Crippen LogP contribution in [0.2, 0.25) is 0 Å². The third-order valence-electron chi connectivity index (χ3n) is 3.82. The molecule has 1 unspecified atom stereocenters. The highest BCUT2D eigenvalue weighted by molar-refractivity contribution is 7.07. The number of methoxy groups -OCH3 is 1. The van der Waals surface area contributed by atoms with Crippen LogP contribution in [0.5, 0.6) is 0 Å². The number of likely N-dealkylation sites (tertiary alicyclic amines) is 1. The number of nitrogens with zero attached hydrogens (tertiary/aromatic N) is 2. The molecule has 0 spiro atoms. The summed E-state index contributed by atoms with van der Waals surface area (Å²) in [5, 5.41) is 1.82. The molecule has 0 aliphatic carbocycles. The molecule has 0 N–H and O–H groups in total. The van der Waals surface area contributed by atoms with Crippen molar-refractivity contribution in [2.75, 3.05) is 20.2 Å². The minimum atomic E-state index is -0.245. The minimum absolute atomic E-state index is 0.0203. The number of hydrogen-bond acceptors (Lipinski definition) is 5. The lowest BCUT2D eigenvalue weighted by molar-refractivity contribution is -0.145. The summed E-state index contributed by atoms with van der Waals surface area (Å²) in [5.74, 6) is -0.395. The number of esters is 1. The molecule has 1 aliphatic rings. The van der Waals surface area contributed by atoms with Crippen molar-refractivity contribution >= 4 is 23.2 Å². The Morgan fingerprint density at radius 1 is 1.48 bits per heavy atom. The fourth-order valence-electron chi connectivity index (χ4n) is 2.57. The summed E-state index contributed by atoms with van der Waals surface area (Å²) < 4.78 is 6.40. The number of carbonyl (C=O) groups excluding carboxylic acids is 2. The van der Waals surface area contributed by atoms with E-state index in [0.717, 1.165) is 5.69 Å². The summed E-state index contributed by atoms with van der Waals surface area (Å²) in [6.45, 7) is 3.51. The first-order valence-electron chi connectivity index (χ1n) is 7.03. The van der Waals surface area contributed by atoms with E-state index in [9.17, 15) is 14.4 Å². The van der Waals surface area contributed by atoms with Crippen LogP contribution in [0.25, 0.3) is 0 Å². The molecule has 1 aromatic heterocycles. The van der Waals surface area contributed by atoms with E-state index in [0.29, 0.717) is 38.9 Å². The van der Waals surface area contributed by atoms with Gasteiger partial charge in [-0.25, -0.2) is 0 Å². The second-order valence-corrected chi connectivity index (χ2v) is 6.07. The predicted octanol–water partition coefficient (Wildman–Crippen LogP) is 1.02. The summed E-state index contributed by atoms with van der Waals surface area (Å²) >= 11 is 1.18. The lowest BCUT2D eigenvalue weighted by Crippen LogP contribution is -2.30. The highest BCUT2D eigenvalue weighted by atomic mass is 32.1. The van der Waals surface area contributed by atoms with Gasteiger partial charge < -0.3 is 14.2 Å². The highest BCUT2D eigenvalue weighted by Gasteiger charge is 2.31. The van der Waals surface area contributed by atoms with Crippen molar-refractivity contribution in [3.05, 3.63) is 20.7 Å². The van der Waals surface area contributed by atoms with Gasteiger partial charge in [0.15, 0.2) is 0 Å². The summed E-state index contributed by atoms with van der Waals surface area (Å²) in [4.78, 5) is 36.8. The smallest absolute Gasteiger partial charge is 0.310 e. The first kappa shape index (κ1) is 15.8. The summed E-state index contributed by atoms with van der Waals surface area (Å²) in [6, 6.07) is 0. The van der Waals surface area contributed by atoms with Gasteiger partial charge in [0, 0.05) is 37.1 Å². The number of rotatable bonds is 5. The Morgan fingerprint density at radius 3 is 2.86 bits per heavy atom. The normalized spacial score (nSPS) is 18.0. The Morgan fingerprint density at radius 2 is 2.24 bits per heavy atom. The number of thiazole rings is 1. The van der Waals surface area contributed by atoms with Crippen molar-refractivity contribution in [2.24, 2.45) is 5.92 Å². The van der Waals surface area contributed by atoms with E-state index in [1.54, 1.807) is 9.47 Å². The molecule has 116 valence electrons. The molecule has 0 saturated carbocycles. The quantitative estimate of drug-likeness (QED) is 0.761. The number of amides is 1. The van der Waals surface area contributed by atoms with Gasteiger partial charge in [-0.1, -0.05) is 11.3 Å². The first-order chi connectivity index (χ1) is 10.0. The van der Waals surface area contributed by atoms with Gasteiger partial charge in [-0.05, 0) is 19.8 Å². The van der Waals surface area contributed by atoms with Gasteiger partial charge in [-0.15, -0.1) is 0 Å². The van der Waals surface area contributed by atoms with Crippen LogP contribution in [0.1, 0.15) is 25.0 Å². The van der Waals surface area contributed by atoms with Crippen molar-refractivity contribution in [1.82, 2.24) is 9.47 Å². The van der Waals surface area contributed by atoms with E-state index in [4.69, 9.17) is 4.74 Å². The number of hydrogen-bond donors (Lipinski definition) is 0. The van der Waals surface area contributed by atoms with Crippen molar-refractivity contribution in [3.63, 3.8) is 0 Å². The van der Waals surface area contributed by atoms with Crippen LogP contribution in [0.4, 0.5) is 0 Å². The average Bonchev–Trinajstić information content (AvgIpc) is 3.08. The van der Waals surface area contributed by atoms with E-state index in [1.807, 2.05) is 12.3 Å². The Hall–Kier alpha value is -1.63. The van der Waals surface area contributed by atoms with Crippen molar-refractivity contribution < 1.29 is 14.3 Å². The van der Waals surface area contributed by atoms with Crippen molar-refractivity contribution in [3.8, 4) is 0 Å². The summed E-state index contributed by atoms with van der Waals surface area (Å²) in [7, 11) is 1.37. The molecule has 1 aromatic rings. The Balaban J connectivity index is 1.78. The molecule has 7 heteroatoms. The standard InChI is InChI=1S/C14H20N2O4S/c1-10-9-21-14(19)16(10)6-3-4-12(17)15-7-5-11(8-15)13(18)20-2/h9,11H,3-8H2,1-2H3. The topological polar surface area (TPSA) is 68.6 Å². The third-order valence-corrected chi connectivity index (χ3v) is 4.71. The van der Waals surface area contributed by atoms with Crippen LogP contribution in [0.3, 0.4) is 0 Å². The summed E-state index contributed by atoms with van der Waals surface area (Å²) in [5.41, 5.74) is 0.935. The molecule has 2 rings (SSSR count). The molecule has 21 heavy (non-hydrogen) atoms. The molecule has 1 aliphatic heterocycles. The molecule has 6 nitrogen and oxygen atoms in total. The Kier molecular flexibility index (Phi) is 5.17. The zero-order valence-electron chi connectivity index (χ0n) is 12.3. The van der Waals surface area contributed by atoms with Crippen LogP contribution < -0.4 is 4.87 Å². The monoisotopic (exact) mass is 312 g/mol. The van der Waals surface area contributed by atoms with E-state index in [2.05, 4.69) is 0 Å². The van der Waals surface area contributed by atoms with Crippen LogP contribution >= 0.6 is 11.3 Å². The predicted molar refractivity (Wildman–Crippen MR) is 79.3 cm³/mol. The van der Waals surface area contributed by atoms with Gasteiger partial charge in [-0.2, -0.15) is 0 Å². The molecule has 0 aromatic carbocycles. The maximum atomic E-state index is 12.1. The van der Waals surface area contributed by atoms with Crippen LogP contribution in [-0.2, 0) is 20.9 Å². The van der Waals surface area contributed by atoms with Gasteiger partial charge in [0.25, 0.3) is 0 Å². The molecular weight excluding hydrogens is 292 g/mol. The number of carbonyl (C=O) groups is 2. The summed E-state index contributed by atoms with van der Waals surface area (Å²) in [6.07, 6.45) is 1.70. The van der Waals surface area contributed by atoms with Crippen LogP contribution in [0.15, 0.2) is 10.2 Å². The fraction of sp³-hybridized carbons (Fsp3) is 0.643. The van der Waals surface area contributed by atoms with Gasteiger partial charge in [0.2, 0.25) is 5.91 Å². The molecule has 1 fully saturated rings. The second-order valence-electron chi connectivity index (χ2n) is 5.25. The molecule has 1 saturated heterocycles. The first-order valence-corrected chi connectivity index (χ1v) is 7.91. The largest absolute Gasteiger partial charge is 0.469 e. The van der Waals surface area contributed by atoms with Gasteiger partial charge >= 0.3 is 10.8 Å². The molecular formula is C14H20N2O4S. The van der Waals surface area contributed by atoms with E-state index in [1.165, 1.54) is 18.4 Å². The number of aromatic nitrogens is 1. The number of aryl methyl sites for hydroxylation is 1. The molecule has 0 bridgehead atoms. The maximum Gasteiger partial charge on any atom is 0.310 e. The minimum Gasteiger partial charge on any atom is -0.469 e. The van der Waals surface area contributed by atoms with Gasteiger partial charge in [0.1, 0.15) is 0 Å². The Bertz CT molecular complexity index is 578. The van der Waals surface area contributed by atoms with Crippen molar-refractivity contribution in [2.45, 2.75) is 32.7 Å². The highest BCUT2D eigenvalue weighted by Crippen LogP contribution is 2.18. The van der Waals surface area contributed by atoms with Crippen molar-refractivity contribution in [1.29, 1.82) is 0 Å². The van der Waals surface area contributed by atoms with E-state index in [-0.39, 0.29) is 22.7 Å². The Labute approximate surface area is 127 Å². The van der Waals surface area contributed by atoms with Gasteiger partial charge in [-0.3, -0.25) is 14.4 Å². The average molecular weight is 312 g/mol. The van der Waals surface area contributed by atoms with E-state index < -0.39 is 0 Å². The maximum absolute atomic E-state index is 12.1. The molecule has 0 radical (unpaired) electrons. The fourth-order valence-corrected chi connectivity index (χ4v) is 3.33. The zero-order valence-corrected chi connectivity index (χ0v) is 13.1. The molecule has 1 amide bonds. The zero-order chi connectivity index (χ0) is 15.4. The lowest BCUT2D eigenvalue weighted by Gasteiger charge is -2.16.